The summed E-state index contributed by atoms with van der Waals surface area (Å²) in [5.41, 5.74) is 0. The number of nitrogens with zero attached hydrogens (tertiary/aromatic N) is 1. The van der Waals surface area contributed by atoms with Gasteiger partial charge in [0.2, 0.25) is 0 Å². The number of quaternary nitrogens is 1. The summed E-state index contributed by atoms with van der Waals surface area (Å²) in [6.45, 7) is 4.90. The van der Waals surface area contributed by atoms with Crippen molar-refractivity contribution in [2.75, 3.05) is 47.5 Å². The van der Waals surface area contributed by atoms with Crippen LogP contribution in [-0.4, -0.2) is 87.4 Å². The molecule has 0 aliphatic heterocycles. The summed E-state index contributed by atoms with van der Waals surface area (Å²) in [6, 6.07) is 0. The average molecular weight is 921 g/mol. The number of carboxylic acid groups (broad SMARTS) is 1. The Labute approximate surface area is 401 Å². The van der Waals surface area contributed by atoms with Gasteiger partial charge in [-0.2, -0.15) is 0 Å². The quantitative estimate of drug-likeness (QED) is 0.0211. The van der Waals surface area contributed by atoms with Crippen molar-refractivity contribution in [2.45, 2.75) is 270 Å². The molecule has 0 rings (SSSR count). The molecule has 382 valence electrons. The van der Waals surface area contributed by atoms with Gasteiger partial charge < -0.3 is 28.5 Å². The summed E-state index contributed by atoms with van der Waals surface area (Å²) < 4.78 is 22.9. The predicted octanol–water partition coefficient (Wildman–Crippen LogP) is 15.6. The number of carbonyl (C=O) groups is 3. The summed E-state index contributed by atoms with van der Waals surface area (Å²) >= 11 is 0. The fraction of sp³-hybridized carbons (Fsp3) is 0.875. The molecule has 0 aromatic rings. The minimum Gasteiger partial charge on any atom is -0.477 e. The summed E-state index contributed by atoms with van der Waals surface area (Å²) in [7, 11) is 5.97. The topological polar surface area (TPSA) is 108 Å². The molecule has 0 aromatic carbocycles. The first-order valence-electron chi connectivity index (χ1n) is 27.5. The fourth-order valence-corrected chi connectivity index (χ4v) is 7.93. The van der Waals surface area contributed by atoms with Crippen molar-refractivity contribution in [1.82, 2.24) is 0 Å². The van der Waals surface area contributed by atoms with Crippen LogP contribution in [0.4, 0.5) is 0 Å². The van der Waals surface area contributed by atoms with E-state index in [1.807, 2.05) is 21.1 Å². The van der Waals surface area contributed by atoms with Crippen molar-refractivity contribution in [1.29, 1.82) is 0 Å². The molecular weight excluding hydrogens is 815 g/mol. The van der Waals surface area contributed by atoms with Gasteiger partial charge in [-0.25, -0.2) is 4.79 Å². The molecule has 9 nitrogen and oxygen atoms in total. The van der Waals surface area contributed by atoms with E-state index in [9.17, 15) is 19.5 Å². The van der Waals surface area contributed by atoms with Gasteiger partial charge in [0.25, 0.3) is 6.29 Å². The maximum Gasteiger partial charge on any atom is 0.361 e. The highest BCUT2D eigenvalue weighted by atomic mass is 16.7. The van der Waals surface area contributed by atoms with Crippen LogP contribution in [0.1, 0.15) is 258 Å². The maximum absolute atomic E-state index is 12.8. The van der Waals surface area contributed by atoms with Gasteiger partial charge >= 0.3 is 17.9 Å². The Balaban J connectivity index is 4.23. The third-order valence-electron chi connectivity index (χ3n) is 12.2. The summed E-state index contributed by atoms with van der Waals surface area (Å²) in [5, 5.41) is 9.68. The average Bonchev–Trinajstić information content (AvgIpc) is 3.27. The zero-order chi connectivity index (χ0) is 47.7. The highest BCUT2D eigenvalue weighted by molar-refractivity contribution is 5.71. The number of allylic oxidation sites excluding steroid dienone is 4. The number of carboxylic acids is 1. The molecule has 0 aliphatic carbocycles. The highest BCUT2D eigenvalue weighted by Gasteiger charge is 2.25. The first-order chi connectivity index (χ1) is 31.6. The summed E-state index contributed by atoms with van der Waals surface area (Å²) in [6.07, 6.45) is 52.4. The second-order valence-electron chi connectivity index (χ2n) is 19.9. The van der Waals surface area contributed by atoms with Gasteiger partial charge in [0.05, 0.1) is 34.4 Å². The molecule has 65 heavy (non-hydrogen) atoms. The van der Waals surface area contributed by atoms with Crippen molar-refractivity contribution in [2.24, 2.45) is 0 Å². The van der Waals surface area contributed by atoms with E-state index in [1.165, 1.54) is 186 Å². The van der Waals surface area contributed by atoms with Crippen LogP contribution in [0.5, 0.6) is 0 Å². The van der Waals surface area contributed by atoms with E-state index in [0.717, 1.165) is 44.9 Å². The molecule has 1 N–H and O–H groups in total. The standard InChI is InChI=1S/C56H105NO8/c1-6-8-10-12-14-16-18-20-22-23-24-25-26-27-28-29-30-31-33-35-37-39-41-43-45-47-54(59)65-52(51-64-56(55(60)61)62-49-48-57(3,4)5)50-63-53(58)46-44-42-40-38-36-34-32-21-19-17-15-13-11-9-7-2/h18,20,23-24,52,56H,6-17,19,21-22,25-51H2,1-5H3/p+1/b20-18-,24-23-. The second kappa shape index (κ2) is 48.2. The van der Waals surface area contributed by atoms with Gasteiger partial charge in [0.15, 0.2) is 6.10 Å². The van der Waals surface area contributed by atoms with E-state index in [-0.39, 0.29) is 32.2 Å². The molecule has 0 aliphatic rings. The van der Waals surface area contributed by atoms with Crippen LogP contribution in [0, 0.1) is 0 Å². The fourth-order valence-electron chi connectivity index (χ4n) is 7.93. The van der Waals surface area contributed by atoms with E-state index in [4.69, 9.17) is 18.9 Å². The summed E-state index contributed by atoms with van der Waals surface area (Å²) in [4.78, 5) is 37.3. The van der Waals surface area contributed by atoms with E-state index in [1.54, 1.807) is 0 Å². The van der Waals surface area contributed by atoms with E-state index in [2.05, 4.69) is 38.2 Å². The van der Waals surface area contributed by atoms with Crippen LogP contribution in [0.2, 0.25) is 0 Å². The Morgan fingerprint density at radius 2 is 0.831 bits per heavy atom. The maximum atomic E-state index is 12.8. The molecule has 9 heteroatoms. The lowest BCUT2D eigenvalue weighted by molar-refractivity contribution is -0.870. The second-order valence-corrected chi connectivity index (χ2v) is 19.9. The molecule has 0 bridgehead atoms. The first kappa shape index (κ1) is 62.8. The highest BCUT2D eigenvalue weighted by Crippen LogP contribution is 2.16. The molecule has 0 fully saturated rings. The molecule has 0 saturated carbocycles. The Morgan fingerprint density at radius 1 is 0.462 bits per heavy atom. The number of likely N-dealkylation sites (N-methyl/N-ethyl adjacent to an activating group) is 1. The minimum atomic E-state index is -1.51. The number of carbonyl (C=O) groups excluding carboxylic acids is 2. The molecule has 0 amide bonds. The van der Waals surface area contributed by atoms with Crippen molar-refractivity contribution in [3.05, 3.63) is 24.3 Å². The van der Waals surface area contributed by atoms with Crippen LogP contribution in [-0.2, 0) is 33.3 Å². The van der Waals surface area contributed by atoms with Crippen molar-refractivity contribution in [3.8, 4) is 0 Å². The zero-order valence-electron chi connectivity index (χ0n) is 43.4. The Hall–Kier alpha value is -2.23. The van der Waals surface area contributed by atoms with Crippen LogP contribution in [0.15, 0.2) is 24.3 Å². The lowest BCUT2D eigenvalue weighted by Gasteiger charge is -2.25. The molecule has 0 aromatic heterocycles. The molecule has 0 radical (unpaired) electrons. The van der Waals surface area contributed by atoms with Crippen molar-refractivity contribution >= 4 is 17.9 Å². The van der Waals surface area contributed by atoms with E-state index in [0.29, 0.717) is 17.4 Å². The number of hydrogen-bond acceptors (Lipinski definition) is 7. The summed E-state index contributed by atoms with van der Waals surface area (Å²) in [5.74, 6) is -1.99. The zero-order valence-corrected chi connectivity index (χ0v) is 43.4. The smallest absolute Gasteiger partial charge is 0.361 e. The Kier molecular flexibility index (Phi) is 46.6. The van der Waals surface area contributed by atoms with Gasteiger partial charge in [-0.1, -0.05) is 224 Å². The third-order valence-corrected chi connectivity index (χ3v) is 12.2. The first-order valence-corrected chi connectivity index (χ1v) is 27.5. The largest absolute Gasteiger partial charge is 0.477 e. The number of unbranched alkanes of at least 4 members (excludes halogenated alkanes) is 32. The lowest BCUT2D eigenvalue weighted by atomic mass is 10.0. The number of hydrogen-bond donors (Lipinski definition) is 1. The number of esters is 2. The van der Waals surface area contributed by atoms with Crippen LogP contribution < -0.4 is 0 Å². The van der Waals surface area contributed by atoms with E-state index < -0.39 is 24.3 Å². The van der Waals surface area contributed by atoms with Gasteiger partial charge in [0.1, 0.15) is 13.2 Å². The van der Waals surface area contributed by atoms with Gasteiger partial charge in [-0.15, -0.1) is 0 Å². The number of aliphatic carboxylic acids is 1. The Bertz CT molecular complexity index is 1120. The van der Waals surface area contributed by atoms with Crippen molar-refractivity contribution in [3.63, 3.8) is 0 Å². The van der Waals surface area contributed by atoms with Crippen molar-refractivity contribution < 1.29 is 42.9 Å². The molecule has 2 atom stereocenters. The molecule has 0 spiro atoms. The van der Waals surface area contributed by atoms with Gasteiger partial charge in [-0.3, -0.25) is 9.59 Å². The predicted molar refractivity (Wildman–Crippen MR) is 272 cm³/mol. The molecular formula is C56H106NO8+. The van der Waals surface area contributed by atoms with Gasteiger partial charge in [-0.05, 0) is 44.9 Å². The molecule has 0 saturated heterocycles. The minimum absolute atomic E-state index is 0.177. The van der Waals surface area contributed by atoms with Gasteiger partial charge in [0, 0.05) is 12.8 Å². The van der Waals surface area contributed by atoms with Crippen LogP contribution >= 0.6 is 0 Å². The van der Waals surface area contributed by atoms with Crippen LogP contribution in [0.25, 0.3) is 0 Å². The molecule has 0 heterocycles. The normalized spacial score (nSPS) is 12.9. The third kappa shape index (κ3) is 49.5. The SMILES string of the molecule is CCCCCCC/C=C\C/C=C\CCCCCCCCCCCCCCCC(=O)OC(COC(=O)CCCCCCCCCCCCCCCCC)COC(OCC[N+](C)(C)C)C(=O)O. The number of rotatable bonds is 51. The van der Waals surface area contributed by atoms with Crippen LogP contribution in [0.3, 0.4) is 0 Å². The van der Waals surface area contributed by atoms with E-state index >= 15 is 0 Å². The number of ether oxygens (including phenoxy) is 4. The molecule has 2 unspecified atom stereocenters. The lowest BCUT2D eigenvalue weighted by Crippen LogP contribution is -2.40. The monoisotopic (exact) mass is 921 g/mol. The Morgan fingerprint density at radius 3 is 1.22 bits per heavy atom.